The van der Waals surface area contributed by atoms with Gasteiger partial charge >= 0.3 is 12.2 Å². The zero-order valence-corrected chi connectivity index (χ0v) is 17.7. The van der Waals surface area contributed by atoms with Gasteiger partial charge in [-0.05, 0) is 55.5 Å². The Labute approximate surface area is 189 Å². The summed E-state index contributed by atoms with van der Waals surface area (Å²) in [6.07, 6.45) is -1.77. The van der Waals surface area contributed by atoms with Crippen LogP contribution in [0.2, 0.25) is 0 Å². The minimum absolute atomic E-state index is 0.0566. The van der Waals surface area contributed by atoms with Crippen molar-refractivity contribution in [3.8, 4) is 11.8 Å². The molecule has 1 heterocycles. The maximum absolute atomic E-state index is 13.0. The van der Waals surface area contributed by atoms with Crippen molar-refractivity contribution < 1.29 is 23.0 Å². The molecule has 0 aliphatic heterocycles. The lowest BCUT2D eigenvalue weighted by molar-refractivity contribution is -0.137. The molecule has 174 valence electrons. The summed E-state index contributed by atoms with van der Waals surface area (Å²) in [5.41, 5.74) is -0.279. The number of anilines is 2. The van der Waals surface area contributed by atoms with Gasteiger partial charge in [-0.15, -0.1) is 0 Å². The summed E-state index contributed by atoms with van der Waals surface area (Å²) in [6.45, 7) is 0.0910. The van der Waals surface area contributed by atoms with E-state index in [0.717, 1.165) is 25.0 Å². The van der Waals surface area contributed by atoms with Crippen molar-refractivity contribution in [2.75, 3.05) is 10.6 Å². The molecule has 0 atom stereocenters. The summed E-state index contributed by atoms with van der Waals surface area (Å²) in [6, 6.07) is 14.2. The van der Waals surface area contributed by atoms with E-state index in [4.69, 9.17) is 4.74 Å². The van der Waals surface area contributed by atoms with Gasteiger partial charge in [0.15, 0.2) is 0 Å². The van der Waals surface area contributed by atoms with Crippen LogP contribution < -0.4 is 15.4 Å². The van der Waals surface area contributed by atoms with Gasteiger partial charge in [0, 0.05) is 12.6 Å². The topological polar surface area (TPSA) is 92.2 Å². The summed E-state index contributed by atoms with van der Waals surface area (Å²) in [5, 5.41) is 15.9. The second-order valence-electron chi connectivity index (χ2n) is 7.88. The fourth-order valence-electron chi connectivity index (χ4n) is 3.58. The number of ether oxygens (including phenoxy) is 1. The lowest BCUT2D eigenvalue weighted by Crippen LogP contribution is -2.29. The SMILES string of the molecule is OC1CCC(Nc2nc(NCc3cccc(C(F)(F)F)c3)nc(Oc3ccccc3)n2)CC1. The van der Waals surface area contributed by atoms with Gasteiger partial charge in [0.25, 0.3) is 0 Å². The van der Waals surface area contributed by atoms with Crippen molar-refractivity contribution in [2.45, 2.75) is 50.6 Å². The Balaban J connectivity index is 1.52. The van der Waals surface area contributed by atoms with Crippen LogP contribution in [0.15, 0.2) is 54.6 Å². The molecular formula is C23H24F3N5O2. The molecule has 1 aliphatic carbocycles. The number of aliphatic hydroxyl groups is 1. The summed E-state index contributed by atoms with van der Waals surface area (Å²) < 4.78 is 44.7. The number of rotatable bonds is 7. The fraction of sp³-hybridized carbons (Fsp3) is 0.348. The van der Waals surface area contributed by atoms with E-state index in [-0.39, 0.29) is 30.6 Å². The van der Waals surface area contributed by atoms with Crippen molar-refractivity contribution in [3.63, 3.8) is 0 Å². The van der Waals surface area contributed by atoms with Gasteiger partial charge in [-0.1, -0.05) is 30.3 Å². The number of hydrogen-bond acceptors (Lipinski definition) is 7. The van der Waals surface area contributed by atoms with Crippen molar-refractivity contribution in [1.82, 2.24) is 15.0 Å². The number of alkyl halides is 3. The van der Waals surface area contributed by atoms with Crippen molar-refractivity contribution in [1.29, 1.82) is 0 Å². The quantitative estimate of drug-likeness (QED) is 0.457. The van der Waals surface area contributed by atoms with E-state index in [9.17, 15) is 18.3 Å². The number of benzene rings is 2. The number of aromatic nitrogens is 3. The van der Waals surface area contributed by atoms with Gasteiger partial charge < -0.3 is 20.5 Å². The average molecular weight is 459 g/mol. The Morgan fingerprint density at radius 3 is 2.36 bits per heavy atom. The van der Waals surface area contributed by atoms with Gasteiger partial charge in [-0.3, -0.25) is 0 Å². The highest BCUT2D eigenvalue weighted by molar-refractivity contribution is 5.39. The van der Waals surface area contributed by atoms with Gasteiger partial charge in [0.1, 0.15) is 5.75 Å². The second kappa shape index (κ2) is 10.0. The molecule has 7 nitrogen and oxygen atoms in total. The highest BCUT2D eigenvalue weighted by Gasteiger charge is 2.30. The highest BCUT2D eigenvalue weighted by Crippen LogP contribution is 2.30. The summed E-state index contributed by atoms with van der Waals surface area (Å²) in [4.78, 5) is 13.0. The Kier molecular flexibility index (Phi) is 6.93. The van der Waals surface area contributed by atoms with Crippen LogP contribution in [-0.4, -0.2) is 32.2 Å². The van der Waals surface area contributed by atoms with E-state index < -0.39 is 11.7 Å². The number of halogens is 3. The molecule has 4 rings (SSSR count). The second-order valence-corrected chi connectivity index (χ2v) is 7.88. The van der Waals surface area contributed by atoms with Crippen molar-refractivity contribution in [2.24, 2.45) is 0 Å². The van der Waals surface area contributed by atoms with Crippen LogP contribution in [0.5, 0.6) is 11.8 Å². The fourth-order valence-corrected chi connectivity index (χ4v) is 3.58. The van der Waals surface area contributed by atoms with Gasteiger partial charge in [-0.25, -0.2) is 0 Å². The molecule has 10 heteroatoms. The van der Waals surface area contributed by atoms with Crippen LogP contribution in [0, 0.1) is 0 Å². The summed E-state index contributed by atoms with van der Waals surface area (Å²) in [5.74, 6) is 1.01. The maximum atomic E-state index is 13.0. The first-order valence-electron chi connectivity index (χ1n) is 10.7. The average Bonchev–Trinajstić information content (AvgIpc) is 2.79. The molecule has 1 aromatic heterocycles. The number of hydrogen-bond donors (Lipinski definition) is 3. The summed E-state index contributed by atoms with van der Waals surface area (Å²) in [7, 11) is 0. The molecular weight excluding hydrogens is 435 g/mol. The zero-order valence-electron chi connectivity index (χ0n) is 17.7. The van der Waals surface area contributed by atoms with Crippen LogP contribution in [0.25, 0.3) is 0 Å². The molecule has 0 bridgehead atoms. The van der Waals surface area contributed by atoms with Crippen LogP contribution in [0.1, 0.15) is 36.8 Å². The zero-order chi connectivity index (χ0) is 23.3. The lowest BCUT2D eigenvalue weighted by Gasteiger charge is -2.26. The number of aliphatic hydroxyl groups excluding tert-OH is 1. The van der Waals surface area contributed by atoms with E-state index in [2.05, 4.69) is 25.6 Å². The Hall–Kier alpha value is -3.40. The minimum Gasteiger partial charge on any atom is -0.424 e. The molecule has 1 fully saturated rings. The van der Waals surface area contributed by atoms with E-state index in [1.807, 2.05) is 18.2 Å². The number of nitrogens with one attached hydrogen (secondary N) is 2. The van der Waals surface area contributed by atoms with E-state index in [1.54, 1.807) is 18.2 Å². The van der Waals surface area contributed by atoms with Gasteiger partial charge in [-0.2, -0.15) is 28.1 Å². The van der Waals surface area contributed by atoms with Crippen molar-refractivity contribution >= 4 is 11.9 Å². The Bertz CT molecular complexity index is 1060. The molecule has 3 aromatic rings. The van der Waals surface area contributed by atoms with E-state index >= 15 is 0 Å². The Morgan fingerprint density at radius 2 is 1.64 bits per heavy atom. The first-order chi connectivity index (χ1) is 15.8. The number of nitrogens with zero attached hydrogens (tertiary/aromatic N) is 3. The molecule has 0 radical (unpaired) electrons. The first kappa shape index (κ1) is 22.8. The third-order valence-corrected chi connectivity index (χ3v) is 5.30. The van der Waals surface area contributed by atoms with Gasteiger partial charge in [0.05, 0.1) is 11.7 Å². The standard InChI is InChI=1S/C23H24F3N5O2/c24-23(25,26)16-6-4-5-15(13-16)14-27-20-29-21(28-17-9-11-18(32)12-10-17)31-22(30-20)33-19-7-2-1-3-8-19/h1-8,13,17-18,32H,9-12,14H2,(H2,27,28,29,30,31). The maximum Gasteiger partial charge on any atom is 0.416 e. The normalized spacial score (nSPS) is 18.5. The van der Waals surface area contributed by atoms with Crippen LogP contribution in [0.3, 0.4) is 0 Å². The third-order valence-electron chi connectivity index (χ3n) is 5.30. The molecule has 1 saturated carbocycles. The molecule has 0 saturated heterocycles. The molecule has 0 amide bonds. The first-order valence-corrected chi connectivity index (χ1v) is 10.7. The monoisotopic (exact) mass is 459 g/mol. The highest BCUT2D eigenvalue weighted by atomic mass is 19.4. The molecule has 1 aliphatic rings. The Morgan fingerprint density at radius 1 is 0.909 bits per heavy atom. The lowest BCUT2D eigenvalue weighted by atomic mass is 9.93. The molecule has 33 heavy (non-hydrogen) atoms. The minimum atomic E-state index is -4.41. The van der Waals surface area contributed by atoms with E-state index in [0.29, 0.717) is 30.1 Å². The van der Waals surface area contributed by atoms with E-state index in [1.165, 1.54) is 6.07 Å². The molecule has 0 unspecified atom stereocenters. The molecule has 3 N–H and O–H groups in total. The predicted octanol–water partition coefficient (Wildman–Crippen LogP) is 5.01. The molecule has 0 spiro atoms. The van der Waals surface area contributed by atoms with Crippen molar-refractivity contribution in [3.05, 3.63) is 65.7 Å². The number of para-hydroxylation sites is 1. The van der Waals surface area contributed by atoms with Gasteiger partial charge in [0.2, 0.25) is 11.9 Å². The summed E-state index contributed by atoms with van der Waals surface area (Å²) >= 11 is 0. The van der Waals surface area contributed by atoms with Crippen LogP contribution >= 0.6 is 0 Å². The largest absolute Gasteiger partial charge is 0.424 e. The van der Waals surface area contributed by atoms with Crippen LogP contribution in [-0.2, 0) is 12.7 Å². The molecule has 2 aromatic carbocycles. The smallest absolute Gasteiger partial charge is 0.416 e. The third kappa shape index (κ3) is 6.55. The predicted molar refractivity (Wildman–Crippen MR) is 117 cm³/mol. The van der Waals surface area contributed by atoms with Crippen LogP contribution in [0.4, 0.5) is 25.1 Å².